The summed E-state index contributed by atoms with van der Waals surface area (Å²) in [6.07, 6.45) is 0.711. The highest BCUT2D eigenvalue weighted by Gasteiger charge is 2.43. The molecule has 4 rings (SSSR count). The molecular formula is C30H30F3NO4. The van der Waals surface area contributed by atoms with Gasteiger partial charge >= 0.3 is 18.1 Å². The highest BCUT2D eigenvalue weighted by Crippen LogP contribution is 2.34. The predicted octanol–water partition coefficient (Wildman–Crippen LogP) is 7.20. The Morgan fingerprint density at radius 1 is 0.895 bits per heavy atom. The first-order valence-corrected chi connectivity index (χ1v) is 12.6. The van der Waals surface area contributed by atoms with E-state index in [9.17, 15) is 22.8 Å². The third-order valence-corrected chi connectivity index (χ3v) is 6.80. The monoisotopic (exact) mass is 525 g/mol. The second kappa shape index (κ2) is 12.2. The van der Waals surface area contributed by atoms with Crippen LogP contribution in [0.3, 0.4) is 0 Å². The Morgan fingerprint density at radius 3 is 2.21 bits per heavy atom. The van der Waals surface area contributed by atoms with Crippen LogP contribution in [0.25, 0.3) is 0 Å². The number of nitrogens with zero attached hydrogens (tertiary/aromatic N) is 1. The molecule has 0 unspecified atom stereocenters. The Balaban J connectivity index is 1.63. The van der Waals surface area contributed by atoms with E-state index in [2.05, 4.69) is 0 Å². The molecule has 0 N–H and O–H groups in total. The lowest BCUT2D eigenvalue weighted by Crippen LogP contribution is -2.40. The van der Waals surface area contributed by atoms with E-state index in [-0.39, 0.29) is 30.2 Å². The number of benzene rings is 3. The number of carbonyl (C=O) groups excluding carboxylic acids is 2. The SMILES string of the molecule is COC(=O)c1ccc(N(Cc2ccc(C3CCCCC3)cc2)C(=O)C(F)(F)F)cc1OCc1ccccc1. The molecule has 0 saturated heterocycles. The molecule has 0 atom stereocenters. The maximum absolute atomic E-state index is 13.6. The molecular weight excluding hydrogens is 495 g/mol. The first-order chi connectivity index (χ1) is 18.3. The number of halogens is 3. The molecule has 3 aromatic rings. The number of amides is 1. The zero-order valence-electron chi connectivity index (χ0n) is 21.2. The minimum atomic E-state index is -5.09. The van der Waals surface area contributed by atoms with Gasteiger partial charge in [0, 0.05) is 11.8 Å². The normalized spacial score (nSPS) is 14.1. The lowest BCUT2D eigenvalue weighted by molar-refractivity contribution is -0.170. The van der Waals surface area contributed by atoms with Gasteiger partial charge < -0.3 is 14.4 Å². The largest absolute Gasteiger partial charge is 0.488 e. The summed E-state index contributed by atoms with van der Waals surface area (Å²) in [4.78, 5) is 25.5. The van der Waals surface area contributed by atoms with Crippen molar-refractivity contribution in [1.82, 2.24) is 0 Å². The van der Waals surface area contributed by atoms with Crippen LogP contribution in [0.1, 0.15) is 65.1 Å². The van der Waals surface area contributed by atoms with Gasteiger partial charge in [-0.2, -0.15) is 13.2 Å². The molecule has 0 spiro atoms. The molecule has 38 heavy (non-hydrogen) atoms. The average molecular weight is 526 g/mol. The average Bonchev–Trinajstić information content (AvgIpc) is 2.95. The third kappa shape index (κ3) is 6.73. The van der Waals surface area contributed by atoms with Gasteiger partial charge in [0.1, 0.15) is 17.9 Å². The number of rotatable bonds is 8. The van der Waals surface area contributed by atoms with Gasteiger partial charge in [0.2, 0.25) is 0 Å². The molecule has 8 heteroatoms. The highest BCUT2D eigenvalue weighted by atomic mass is 19.4. The molecule has 200 valence electrons. The van der Waals surface area contributed by atoms with Crippen molar-refractivity contribution in [3.05, 3.63) is 95.1 Å². The quantitative estimate of drug-likeness (QED) is 0.292. The van der Waals surface area contributed by atoms with Crippen molar-refractivity contribution in [2.45, 2.75) is 57.3 Å². The van der Waals surface area contributed by atoms with Crippen molar-refractivity contribution in [2.75, 3.05) is 12.0 Å². The predicted molar refractivity (Wildman–Crippen MR) is 138 cm³/mol. The number of alkyl halides is 3. The lowest BCUT2D eigenvalue weighted by Gasteiger charge is -2.26. The summed E-state index contributed by atoms with van der Waals surface area (Å²) >= 11 is 0. The van der Waals surface area contributed by atoms with Gasteiger partial charge in [-0.15, -0.1) is 0 Å². The molecule has 1 fully saturated rings. The fourth-order valence-corrected chi connectivity index (χ4v) is 4.76. The summed E-state index contributed by atoms with van der Waals surface area (Å²) < 4.78 is 51.5. The van der Waals surface area contributed by atoms with E-state index >= 15 is 0 Å². The maximum Gasteiger partial charge on any atom is 0.471 e. The second-order valence-corrected chi connectivity index (χ2v) is 9.41. The van der Waals surface area contributed by atoms with Gasteiger partial charge in [-0.05, 0) is 47.6 Å². The van der Waals surface area contributed by atoms with Crippen molar-refractivity contribution in [2.24, 2.45) is 0 Å². The number of methoxy groups -OCH3 is 1. The van der Waals surface area contributed by atoms with Crippen molar-refractivity contribution in [3.63, 3.8) is 0 Å². The summed E-state index contributed by atoms with van der Waals surface area (Å²) in [6.45, 7) is -0.219. The fourth-order valence-electron chi connectivity index (χ4n) is 4.76. The molecule has 0 radical (unpaired) electrons. The van der Waals surface area contributed by atoms with Crippen LogP contribution in [-0.2, 0) is 22.7 Å². The Morgan fingerprint density at radius 2 is 1.58 bits per heavy atom. The van der Waals surface area contributed by atoms with Crippen molar-refractivity contribution >= 4 is 17.6 Å². The lowest BCUT2D eigenvalue weighted by atomic mass is 9.84. The molecule has 1 aliphatic rings. The van der Waals surface area contributed by atoms with Crippen LogP contribution in [0.4, 0.5) is 18.9 Å². The number of anilines is 1. The topological polar surface area (TPSA) is 55.8 Å². The number of carbonyl (C=O) groups is 2. The summed E-state index contributed by atoms with van der Waals surface area (Å²) in [7, 11) is 1.20. The molecule has 3 aromatic carbocycles. The third-order valence-electron chi connectivity index (χ3n) is 6.80. The maximum atomic E-state index is 13.6. The van der Waals surface area contributed by atoms with Crippen LogP contribution in [-0.4, -0.2) is 25.2 Å². The van der Waals surface area contributed by atoms with E-state index in [0.717, 1.165) is 18.4 Å². The molecule has 0 bridgehead atoms. The van der Waals surface area contributed by atoms with Crippen LogP contribution in [0.5, 0.6) is 5.75 Å². The van der Waals surface area contributed by atoms with E-state index in [1.807, 2.05) is 42.5 Å². The van der Waals surface area contributed by atoms with Crippen molar-refractivity contribution in [1.29, 1.82) is 0 Å². The number of hydrogen-bond donors (Lipinski definition) is 0. The Hall–Kier alpha value is -3.81. The van der Waals surface area contributed by atoms with Crippen molar-refractivity contribution < 1.29 is 32.2 Å². The van der Waals surface area contributed by atoms with Gasteiger partial charge in [-0.1, -0.05) is 73.9 Å². The number of ether oxygens (including phenoxy) is 2. The Bertz CT molecular complexity index is 1240. The molecule has 0 heterocycles. The Kier molecular flexibility index (Phi) is 8.71. The standard InChI is InChI=1S/C30H30F3NO4/c1-37-28(35)26-17-16-25(18-27(26)38-20-22-8-4-2-5-9-22)34(29(36)30(31,32)33)19-21-12-14-24(15-13-21)23-10-6-3-7-11-23/h2,4-5,8-9,12-18,23H,3,6-7,10-11,19-20H2,1H3. The van der Waals surface area contributed by atoms with Crippen LogP contribution in [0.15, 0.2) is 72.8 Å². The summed E-state index contributed by atoms with van der Waals surface area (Å²) in [5, 5.41) is 0. The molecule has 1 saturated carbocycles. The summed E-state index contributed by atoms with van der Waals surface area (Å²) in [5.41, 5.74) is 2.53. The Labute approximate surface area is 220 Å². The van der Waals surface area contributed by atoms with E-state index in [1.165, 1.54) is 50.1 Å². The zero-order valence-corrected chi connectivity index (χ0v) is 21.2. The van der Waals surface area contributed by atoms with Gasteiger partial charge in [0.15, 0.2) is 0 Å². The van der Waals surface area contributed by atoms with Crippen LogP contribution < -0.4 is 9.64 Å². The van der Waals surface area contributed by atoms with Gasteiger partial charge in [0.05, 0.1) is 13.7 Å². The van der Waals surface area contributed by atoms with E-state index < -0.39 is 18.1 Å². The molecule has 1 amide bonds. The van der Waals surface area contributed by atoms with Gasteiger partial charge in [0.25, 0.3) is 0 Å². The smallest absolute Gasteiger partial charge is 0.471 e. The minimum absolute atomic E-state index is 0.0193. The molecule has 5 nitrogen and oxygen atoms in total. The van der Waals surface area contributed by atoms with Crippen LogP contribution >= 0.6 is 0 Å². The molecule has 0 aliphatic heterocycles. The summed E-state index contributed by atoms with van der Waals surface area (Å²) in [5.74, 6) is -2.23. The first kappa shape index (κ1) is 27.2. The van der Waals surface area contributed by atoms with E-state index in [4.69, 9.17) is 9.47 Å². The number of esters is 1. The van der Waals surface area contributed by atoms with Gasteiger partial charge in [-0.25, -0.2) is 4.79 Å². The van der Waals surface area contributed by atoms with Crippen LogP contribution in [0.2, 0.25) is 0 Å². The fraction of sp³-hybridized carbons (Fsp3) is 0.333. The zero-order chi connectivity index (χ0) is 27.1. The van der Waals surface area contributed by atoms with Crippen molar-refractivity contribution in [3.8, 4) is 5.75 Å². The van der Waals surface area contributed by atoms with E-state index in [1.54, 1.807) is 12.1 Å². The van der Waals surface area contributed by atoms with E-state index in [0.29, 0.717) is 16.4 Å². The molecule has 0 aromatic heterocycles. The highest BCUT2D eigenvalue weighted by molar-refractivity contribution is 5.99. The summed E-state index contributed by atoms with van der Waals surface area (Å²) in [6, 6.07) is 20.4. The second-order valence-electron chi connectivity index (χ2n) is 9.41. The van der Waals surface area contributed by atoms with Gasteiger partial charge in [-0.3, -0.25) is 4.79 Å². The minimum Gasteiger partial charge on any atom is -0.488 e. The number of hydrogen-bond acceptors (Lipinski definition) is 4. The first-order valence-electron chi connectivity index (χ1n) is 12.6. The van der Waals surface area contributed by atoms with Crippen LogP contribution in [0, 0.1) is 0 Å². The molecule has 1 aliphatic carbocycles.